The molecule has 5 nitrogen and oxygen atoms in total. The van der Waals surface area contributed by atoms with Gasteiger partial charge in [-0.1, -0.05) is 37.3 Å². The summed E-state index contributed by atoms with van der Waals surface area (Å²) < 4.78 is 5.57. The van der Waals surface area contributed by atoms with E-state index in [2.05, 4.69) is 17.6 Å². The van der Waals surface area contributed by atoms with Crippen molar-refractivity contribution in [2.75, 3.05) is 11.1 Å². The molecule has 148 valence electrons. The van der Waals surface area contributed by atoms with Crippen LogP contribution in [0.5, 0.6) is 0 Å². The molecular weight excluding hydrogens is 372 g/mol. The summed E-state index contributed by atoms with van der Waals surface area (Å²) in [4.78, 5) is 25.9. The molecule has 2 atom stereocenters. The predicted octanol–water partition coefficient (Wildman–Crippen LogP) is 5.09. The van der Waals surface area contributed by atoms with Crippen molar-refractivity contribution in [2.24, 2.45) is 0 Å². The highest BCUT2D eigenvalue weighted by molar-refractivity contribution is 7.99. The number of benzene rings is 2. The number of hydrogen-bond acceptors (Lipinski definition) is 4. The summed E-state index contributed by atoms with van der Waals surface area (Å²) in [7, 11) is 0. The number of rotatable bonds is 6. The van der Waals surface area contributed by atoms with Crippen molar-refractivity contribution in [2.45, 2.75) is 49.6 Å². The average Bonchev–Trinajstić information content (AvgIpc) is 2.69. The zero-order chi connectivity index (χ0) is 19.8. The van der Waals surface area contributed by atoms with Crippen LogP contribution < -0.4 is 10.6 Å². The fraction of sp³-hybridized carbons (Fsp3) is 0.364. The van der Waals surface area contributed by atoms with Crippen LogP contribution in [0.25, 0.3) is 0 Å². The van der Waals surface area contributed by atoms with Crippen molar-refractivity contribution < 1.29 is 14.3 Å². The van der Waals surface area contributed by atoms with Crippen LogP contribution >= 0.6 is 11.8 Å². The Morgan fingerprint density at radius 2 is 1.82 bits per heavy atom. The monoisotopic (exact) mass is 398 g/mol. The normalized spacial score (nSPS) is 18.9. The first-order valence-electron chi connectivity index (χ1n) is 9.71. The SMILES string of the molecule is CCSc1ccccc1C(=O)N[C@@H]1CCC[C@@H](OC(=O)Nc2ccccc2)C1. The number of para-hydroxylation sites is 1. The van der Waals surface area contributed by atoms with Crippen LogP contribution in [0.2, 0.25) is 0 Å². The summed E-state index contributed by atoms with van der Waals surface area (Å²) in [5, 5.41) is 5.86. The van der Waals surface area contributed by atoms with Gasteiger partial charge in [0, 0.05) is 23.0 Å². The Morgan fingerprint density at radius 1 is 1.07 bits per heavy atom. The number of ether oxygens (including phenoxy) is 1. The first-order chi connectivity index (χ1) is 13.7. The maximum atomic E-state index is 12.7. The lowest BCUT2D eigenvalue weighted by molar-refractivity contribution is 0.0711. The van der Waals surface area contributed by atoms with Crippen LogP contribution in [0, 0.1) is 0 Å². The molecule has 2 aromatic carbocycles. The molecule has 0 aliphatic heterocycles. The minimum Gasteiger partial charge on any atom is -0.446 e. The molecule has 1 saturated carbocycles. The Labute approximate surface area is 170 Å². The molecule has 0 heterocycles. The van der Waals surface area contributed by atoms with E-state index in [0.717, 1.165) is 29.9 Å². The minimum atomic E-state index is -0.451. The standard InChI is InChI=1S/C22H26N2O3S/c1-2-28-20-14-7-6-13-19(20)21(25)23-17-11-8-12-18(15-17)27-22(26)24-16-9-4-3-5-10-16/h3-7,9-10,13-14,17-18H,2,8,11-12,15H2,1H3,(H,23,25)(H,24,26)/t17-,18-/m1/s1. The number of nitrogens with one attached hydrogen (secondary N) is 2. The fourth-order valence-corrected chi connectivity index (χ4v) is 4.20. The third kappa shape index (κ3) is 5.76. The Balaban J connectivity index is 1.53. The van der Waals surface area contributed by atoms with Gasteiger partial charge in [-0.25, -0.2) is 4.79 Å². The predicted molar refractivity (Wildman–Crippen MR) is 113 cm³/mol. The molecule has 1 fully saturated rings. The van der Waals surface area contributed by atoms with Crippen molar-refractivity contribution in [3.05, 3.63) is 60.2 Å². The molecule has 3 rings (SSSR count). The minimum absolute atomic E-state index is 0.00968. The van der Waals surface area contributed by atoms with E-state index in [1.54, 1.807) is 11.8 Å². The second-order valence-electron chi connectivity index (χ2n) is 6.78. The van der Waals surface area contributed by atoms with Gasteiger partial charge < -0.3 is 10.1 Å². The highest BCUT2D eigenvalue weighted by atomic mass is 32.2. The fourth-order valence-electron chi connectivity index (χ4n) is 3.40. The van der Waals surface area contributed by atoms with E-state index < -0.39 is 6.09 Å². The number of carbonyl (C=O) groups is 2. The Hall–Kier alpha value is -2.47. The van der Waals surface area contributed by atoms with E-state index in [9.17, 15) is 9.59 Å². The Kier molecular flexibility index (Phi) is 7.37. The van der Waals surface area contributed by atoms with Crippen molar-refractivity contribution >= 4 is 29.4 Å². The van der Waals surface area contributed by atoms with Crippen molar-refractivity contribution in [3.63, 3.8) is 0 Å². The Bertz CT molecular complexity index is 797. The van der Waals surface area contributed by atoms with E-state index in [4.69, 9.17) is 4.74 Å². The van der Waals surface area contributed by atoms with Crippen LogP contribution in [0.1, 0.15) is 43.0 Å². The summed E-state index contributed by atoms with van der Waals surface area (Å²) in [6, 6.07) is 16.9. The summed E-state index contributed by atoms with van der Waals surface area (Å²) in [5.41, 5.74) is 1.41. The van der Waals surface area contributed by atoms with E-state index in [1.165, 1.54) is 0 Å². The number of anilines is 1. The van der Waals surface area contributed by atoms with Gasteiger partial charge in [0.25, 0.3) is 5.91 Å². The molecular formula is C22H26N2O3S. The molecule has 0 radical (unpaired) electrons. The van der Waals surface area contributed by atoms with E-state index >= 15 is 0 Å². The molecule has 0 spiro atoms. The summed E-state index contributed by atoms with van der Waals surface area (Å²) in [6.07, 6.45) is 2.62. The van der Waals surface area contributed by atoms with Gasteiger partial charge in [-0.3, -0.25) is 10.1 Å². The first-order valence-corrected chi connectivity index (χ1v) is 10.7. The van der Waals surface area contributed by atoms with Gasteiger partial charge in [-0.05, 0) is 49.3 Å². The zero-order valence-corrected chi connectivity index (χ0v) is 16.8. The number of thioether (sulfide) groups is 1. The molecule has 0 aromatic heterocycles. The lowest BCUT2D eigenvalue weighted by atomic mass is 9.92. The summed E-state index contributed by atoms with van der Waals surface area (Å²) in [5.74, 6) is 0.858. The molecule has 1 aliphatic rings. The number of hydrogen-bond donors (Lipinski definition) is 2. The number of amides is 2. The van der Waals surface area contributed by atoms with Gasteiger partial charge in [0.1, 0.15) is 6.10 Å². The molecule has 1 aliphatic carbocycles. The Morgan fingerprint density at radius 3 is 2.61 bits per heavy atom. The van der Waals surface area contributed by atoms with Crippen molar-refractivity contribution in [1.29, 1.82) is 0 Å². The number of carbonyl (C=O) groups excluding carboxylic acids is 2. The van der Waals surface area contributed by atoms with Crippen LogP contribution in [0.3, 0.4) is 0 Å². The van der Waals surface area contributed by atoms with Crippen LogP contribution in [0.15, 0.2) is 59.5 Å². The summed E-state index contributed by atoms with van der Waals surface area (Å²) in [6.45, 7) is 2.07. The largest absolute Gasteiger partial charge is 0.446 e. The van der Waals surface area contributed by atoms with E-state index in [-0.39, 0.29) is 18.1 Å². The van der Waals surface area contributed by atoms with Gasteiger partial charge >= 0.3 is 6.09 Å². The van der Waals surface area contributed by atoms with Crippen molar-refractivity contribution in [1.82, 2.24) is 5.32 Å². The van der Waals surface area contributed by atoms with Crippen LogP contribution in [0.4, 0.5) is 10.5 Å². The lowest BCUT2D eigenvalue weighted by Crippen LogP contribution is -2.41. The average molecular weight is 399 g/mol. The van der Waals surface area contributed by atoms with Gasteiger partial charge in [0.05, 0.1) is 5.56 Å². The van der Waals surface area contributed by atoms with Crippen LogP contribution in [-0.4, -0.2) is 29.9 Å². The second-order valence-corrected chi connectivity index (χ2v) is 8.09. The third-order valence-corrected chi connectivity index (χ3v) is 5.64. The van der Waals surface area contributed by atoms with Gasteiger partial charge in [0.15, 0.2) is 0 Å². The topological polar surface area (TPSA) is 67.4 Å². The maximum absolute atomic E-state index is 12.7. The third-order valence-electron chi connectivity index (χ3n) is 4.69. The van der Waals surface area contributed by atoms with Crippen LogP contribution in [-0.2, 0) is 4.74 Å². The molecule has 28 heavy (non-hydrogen) atoms. The molecule has 2 aromatic rings. The zero-order valence-electron chi connectivity index (χ0n) is 16.0. The first kappa shape index (κ1) is 20.3. The molecule has 0 unspecified atom stereocenters. The van der Waals surface area contributed by atoms with Gasteiger partial charge in [-0.2, -0.15) is 0 Å². The molecule has 0 bridgehead atoms. The molecule has 0 saturated heterocycles. The maximum Gasteiger partial charge on any atom is 0.411 e. The van der Waals surface area contributed by atoms with Gasteiger partial charge in [-0.15, -0.1) is 11.8 Å². The molecule has 6 heteroatoms. The van der Waals surface area contributed by atoms with E-state index in [0.29, 0.717) is 17.7 Å². The highest BCUT2D eigenvalue weighted by Crippen LogP contribution is 2.25. The summed E-state index contributed by atoms with van der Waals surface area (Å²) >= 11 is 1.66. The quantitative estimate of drug-likeness (QED) is 0.665. The highest BCUT2D eigenvalue weighted by Gasteiger charge is 2.26. The van der Waals surface area contributed by atoms with Crippen molar-refractivity contribution in [3.8, 4) is 0 Å². The smallest absolute Gasteiger partial charge is 0.411 e. The lowest BCUT2D eigenvalue weighted by Gasteiger charge is -2.29. The van der Waals surface area contributed by atoms with Gasteiger partial charge in [0.2, 0.25) is 0 Å². The molecule has 2 N–H and O–H groups in total. The van der Waals surface area contributed by atoms with E-state index in [1.807, 2.05) is 54.6 Å². The molecule has 2 amide bonds. The second kappa shape index (κ2) is 10.2.